The van der Waals surface area contributed by atoms with Crippen molar-refractivity contribution in [1.29, 1.82) is 0 Å². The number of hydrogen-bond donors (Lipinski definition) is 1. The van der Waals surface area contributed by atoms with Crippen molar-refractivity contribution in [2.24, 2.45) is 5.92 Å². The van der Waals surface area contributed by atoms with E-state index in [1.54, 1.807) is 4.90 Å². The summed E-state index contributed by atoms with van der Waals surface area (Å²) < 4.78 is 0. The van der Waals surface area contributed by atoms with Gasteiger partial charge in [-0.3, -0.25) is 14.5 Å². The molecule has 0 bridgehead atoms. The Morgan fingerprint density at radius 2 is 1.85 bits per heavy atom. The Morgan fingerprint density at radius 1 is 1.19 bits per heavy atom. The van der Waals surface area contributed by atoms with Crippen molar-refractivity contribution in [3.8, 4) is 0 Å². The lowest BCUT2D eigenvalue weighted by molar-refractivity contribution is -0.142. The molecule has 148 valence electrons. The van der Waals surface area contributed by atoms with Crippen molar-refractivity contribution in [3.05, 3.63) is 35.4 Å². The maximum atomic E-state index is 12.9. The lowest BCUT2D eigenvalue weighted by Gasteiger charge is -2.35. The number of carboxylic acids is 1. The number of rotatable bonds is 5. The molecule has 0 unspecified atom stereocenters. The van der Waals surface area contributed by atoms with Crippen LogP contribution in [0.2, 0.25) is 0 Å². The van der Waals surface area contributed by atoms with Crippen molar-refractivity contribution in [2.45, 2.75) is 31.7 Å². The first-order valence-electron chi connectivity index (χ1n) is 9.81. The molecule has 2 aliphatic rings. The van der Waals surface area contributed by atoms with E-state index in [1.165, 1.54) is 0 Å². The average molecular weight is 373 g/mol. The first-order chi connectivity index (χ1) is 12.9. The van der Waals surface area contributed by atoms with Gasteiger partial charge in [0.2, 0.25) is 5.91 Å². The lowest BCUT2D eigenvalue weighted by Crippen LogP contribution is -2.46. The minimum absolute atomic E-state index is 0.0405. The molecule has 2 atom stereocenters. The van der Waals surface area contributed by atoms with Crippen LogP contribution in [0.15, 0.2) is 24.3 Å². The molecule has 0 radical (unpaired) electrons. The van der Waals surface area contributed by atoms with Crippen molar-refractivity contribution < 1.29 is 14.7 Å². The van der Waals surface area contributed by atoms with Gasteiger partial charge in [0.1, 0.15) is 0 Å². The van der Waals surface area contributed by atoms with E-state index in [-0.39, 0.29) is 11.8 Å². The zero-order valence-corrected chi connectivity index (χ0v) is 16.6. The van der Waals surface area contributed by atoms with Crippen LogP contribution in [0.5, 0.6) is 0 Å². The van der Waals surface area contributed by atoms with Crippen LogP contribution in [0, 0.1) is 12.8 Å². The molecule has 0 aliphatic carbocycles. The number of likely N-dealkylation sites (N-methyl/N-ethyl adjacent to an activating group) is 1. The Labute approximate surface area is 161 Å². The fourth-order valence-electron chi connectivity index (χ4n) is 4.45. The number of likely N-dealkylation sites (tertiary alicyclic amines) is 2. The topological polar surface area (TPSA) is 64.1 Å². The minimum Gasteiger partial charge on any atom is -0.481 e. The molecule has 3 rings (SSSR count). The van der Waals surface area contributed by atoms with Gasteiger partial charge in [0, 0.05) is 25.0 Å². The fraction of sp³-hybridized carbons (Fsp3) is 0.619. The van der Waals surface area contributed by atoms with E-state index < -0.39 is 11.9 Å². The average Bonchev–Trinajstić information content (AvgIpc) is 3.08. The Bertz CT molecular complexity index is 685. The molecule has 0 aromatic heterocycles. The highest BCUT2D eigenvalue weighted by atomic mass is 16.4. The number of nitrogens with zero attached hydrogens (tertiary/aromatic N) is 3. The molecule has 0 saturated carbocycles. The predicted octanol–water partition coefficient (Wildman–Crippen LogP) is 1.65. The zero-order valence-electron chi connectivity index (χ0n) is 16.6. The SMILES string of the molecule is Cc1ccccc1[C@@H]1CN(C(=O)CN(C)C2CCN(C)CC2)C[C@H]1C(=O)O. The summed E-state index contributed by atoms with van der Waals surface area (Å²) in [5, 5.41) is 9.69. The maximum Gasteiger partial charge on any atom is 0.308 e. The lowest BCUT2D eigenvalue weighted by atomic mass is 9.86. The molecule has 6 heteroatoms. The number of carbonyl (C=O) groups is 2. The van der Waals surface area contributed by atoms with E-state index in [1.807, 2.05) is 38.2 Å². The second kappa shape index (κ2) is 8.40. The third-order valence-corrected chi connectivity index (χ3v) is 6.27. The Balaban J connectivity index is 1.65. The molecule has 1 N–H and O–H groups in total. The number of aliphatic carboxylic acids is 1. The summed E-state index contributed by atoms with van der Waals surface area (Å²) in [7, 11) is 4.14. The van der Waals surface area contributed by atoms with Crippen LogP contribution in [0.25, 0.3) is 0 Å². The molecular weight excluding hydrogens is 342 g/mol. The van der Waals surface area contributed by atoms with E-state index in [2.05, 4.69) is 16.8 Å². The van der Waals surface area contributed by atoms with Gasteiger partial charge in [0.05, 0.1) is 12.5 Å². The van der Waals surface area contributed by atoms with Crippen molar-refractivity contribution in [2.75, 3.05) is 46.8 Å². The predicted molar refractivity (Wildman–Crippen MR) is 105 cm³/mol. The molecule has 1 aromatic carbocycles. The van der Waals surface area contributed by atoms with Gasteiger partial charge in [0.15, 0.2) is 0 Å². The summed E-state index contributed by atoms with van der Waals surface area (Å²) in [6.07, 6.45) is 2.15. The zero-order chi connectivity index (χ0) is 19.6. The van der Waals surface area contributed by atoms with Crippen LogP contribution in [-0.4, -0.2) is 84.5 Å². The van der Waals surface area contributed by atoms with Gasteiger partial charge in [-0.05, 0) is 58.1 Å². The number of carboxylic acid groups (broad SMARTS) is 1. The van der Waals surface area contributed by atoms with Gasteiger partial charge < -0.3 is 14.9 Å². The van der Waals surface area contributed by atoms with Crippen LogP contribution in [0.1, 0.15) is 29.9 Å². The highest BCUT2D eigenvalue weighted by Crippen LogP contribution is 2.34. The van der Waals surface area contributed by atoms with Gasteiger partial charge in [0.25, 0.3) is 0 Å². The highest BCUT2D eigenvalue weighted by molar-refractivity contribution is 5.81. The summed E-state index contributed by atoms with van der Waals surface area (Å²) in [6.45, 7) is 5.27. The summed E-state index contributed by atoms with van der Waals surface area (Å²) in [6, 6.07) is 8.33. The van der Waals surface area contributed by atoms with Crippen molar-refractivity contribution >= 4 is 11.9 Å². The standard InChI is InChI=1S/C21H31N3O3/c1-15-6-4-5-7-17(15)18-12-24(13-19(18)21(26)27)20(25)14-23(3)16-8-10-22(2)11-9-16/h4-7,16,18-19H,8-14H2,1-3H3,(H,26,27)/t18-,19+/m0/s1. The summed E-state index contributed by atoms with van der Waals surface area (Å²) in [5.41, 5.74) is 2.13. The van der Waals surface area contributed by atoms with E-state index >= 15 is 0 Å². The van der Waals surface area contributed by atoms with E-state index in [0.29, 0.717) is 25.7 Å². The van der Waals surface area contributed by atoms with Gasteiger partial charge in [-0.1, -0.05) is 24.3 Å². The number of aryl methyl sites for hydroxylation is 1. The normalized spacial score (nSPS) is 24.5. The second-order valence-corrected chi connectivity index (χ2v) is 8.16. The molecule has 6 nitrogen and oxygen atoms in total. The number of piperidine rings is 1. The number of hydrogen-bond acceptors (Lipinski definition) is 4. The number of carbonyl (C=O) groups excluding carboxylic acids is 1. The molecule has 1 aromatic rings. The second-order valence-electron chi connectivity index (χ2n) is 8.16. The van der Waals surface area contributed by atoms with E-state index in [4.69, 9.17) is 0 Å². The van der Waals surface area contributed by atoms with E-state index in [9.17, 15) is 14.7 Å². The summed E-state index contributed by atoms with van der Waals surface area (Å²) in [5.74, 6) is -1.45. The number of amides is 1. The quantitative estimate of drug-likeness (QED) is 0.850. The first kappa shape index (κ1) is 19.8. The summed E-state index contributed by atoms with van der Waals surface area (Å²) >= 11 is 0. The van der Waals surface area contributed by atoms with E-state index in [0.717, 1.165) is 37.1 Å². The highest BCUT2D eigenvalue weighted by Gasteiger charge is 2.41. The molecular formula is C21H31N3O3. The van der Waals surface area contributed by atoms with Crippen molar-refractivity contribution in [3.63, 3.8) is 0 Å². The monoisotopic (exact) mass is 373 g/mol. The Hall–Kier alpha value is -1.92. The minimum atomic E-state index is -0.817. The first-order valence-corrected chi connectivity index (χ1v) is 9.81. The molecule has 2 saturated heterocycles. The van der Waals surface area contributed by atoms with Crippen molar-refractivity contribution in [1.82, 2.24) is 14.7 Å². The van der Waals surface area contributed by atoms with Gasteiger partial charge >= 0.3 is 5.97 Å². The van der Waals surface area contributed by atoms with Gasteiger partial charge in [-0.15, -0.1) is 0 Å². The third kappa shape index (κ3) is 4.50. The summed E-state index contributed by atoms with van der Waals surface area (Å²) in [4.78, 5) is 30.9. The molecule has 2 fully saturated rings. The molecule has 27 heavy (non-hydrogen) atoms. The maximum absolute atomic E-state index is 12.9. The Kier molecular flexibility index (Phi) is 6.17. The van der Waals surface area contributed by atoms with Gasteiger partial charge in [-0.25, -0.2) is 0 Å². The molecule has 2 aliphatic heterocycles. The smallest absolute Gasteiger partial charge is 0.308 e. The van der Waals surface area contributed by atoms with Crippen LogP contribution >= 0.6 is 0 Å². The Morgan fingerprint density at radius 3 is 2.48 bits per heavy atom. The largest absolute Gasteiger partial charge is 0.481 e. The fourth-order valence-corrected chi connectivity index (χ4v) is 4.45. The molecule has 2 heterocycles. The molecule has 1 amide bonds. The van der Waals surface area contributed by atoms with Crippen LogP contribution in [0.3, 0.4) is 0 Å². The van der Waals surface area contributed by atoms with Gasteiger partial charge in [-0.2, -0.15) is 0 Å². The van der Waals surface area contributed by atoms with Crippen LogP contribution in [0.4, 0.5) is 0 Å². The third-order valence-electron chi connectivity index (χ3n) is 6.27. The van der Waals surface area contributed by atoms with Crippen LogP contribution < -0.4 is 0 Å². The molecule has 0 spiro atoms. The number of benzene rings is 1. The van der Waals surface area contributed by atoms with Crippen LogP contribution in [-0.2, 0) is 9.59 Å².